The lowest BCUT2D eigenvalue weighted by atomic mass is 9.86. The van der Waals surface area contributed by atoms with Crippen molar-refractivity contribution in [3.63, 3.8) is 0 Å². The molecule has 23 heavy (non-hydrogen) atoms. The topological polar surface area (TPSA) is 52.9 Å². The van der Waals surface area contributed by atoms with E-state index in [9.17, 15) is 10.2 Å². The number of hydrogen-bond acceptors (Lipinski definition) is 4. The molecule has 4 nitrogen and oxygen atoms in total. The second-order valence-corrected chi connectivity index (χ2v) is 7.46. The third kappa shape index (κ3) is 4.85. The second-order valence-electron chi connectivity index (χ2n) is 7.46. The monoisotopic (exact) mass is 321 g/mol. The van der Waals surface area contributed by atoms with Crippen molar-refractivity contribution in [2.75, 3.05) is 19.7 Å². The molecule has 1 unspecified atom stereocenters. The van der Waals surface area contributed by atoms with E-state index in [2.05, 4.69) is 32.6 Å². The molecule has 1 aromatic carbocycles. The van der Waals surface area contributed by atoms with E-state index in [1.54, 1.807) is 6.07 Å². The quantitative estimate of drug-likeness (QED) is 0.788. The largest absolute Gasteiger partial charge is 0.504 e. The van der Waals surface area contributed by atoms with E-state index in [0.29, 0.717) is 6.04 Å². The first-order chi connectivity index (χ1) is 10.8. The Balaban J connectivity index is 2.02. The summed E-state index contributed by atoms with van der Waals surface area (Å²) in [6.45, 7) is 11.2. The van der Waals surface area contributed by atoms with Gasteiger partial charge in [-0.25, -0.2) is 0 Å². The van der Waals surface area contributed by atoms with Crippen molar-refractivity contribution in [1.29, 1.82) is 0 Å². The number of benzene rings is 1. The van der Waals surface area contributed by atoms with Gasteiger partial charge in [0.15, 0.2) is 11.5 Å². The number of phenolic OH excluding ortho intramolecular Hbond substituents is 2. The molecule has 1 aliphatic rings. The van der Waals surface area contributed by atoms with Gasteiger partial charge in [0, 0.05) is 18.2 Å². The Morgan fingerprint density at radius 1 is 1.22 bits per heavy atom. The van der Waals surface area contributed by atoms with Gasteiger partial charge in [-0.15, -0.1) is 0 Å². The highest BCUT2D eigenvalue weighted by Gasteiger charge is 2.26. The lowest BCUT2D eigenvalue weighted by Gasteiger charge is -2.36. The average Bonchev–Trinajstić information content (AvgIpc) is 2.49. The molecule has 0 heterocycles. The van der Waals surface area contributed by atoms with Crippen LogP contribution in [-0.2, 0) is 17.6 Å². The molecule has 0 aromatic heterocycles. The predicted molar refractivity (Wildman–Crippen MR) is 93.2 cm³/mol. The van der Waals surface area contributed by atoms with Gasteiger partial charge >= 0.3 is 0 Å². The highest BCUT2D eigenvalue weighted by atomic mass is 16.5. The van der Waals surface area contributed by atoms with E-state index in [0.717, 1.165) is 56.5 Å². The zero-order chi connectivity index (χ0) is 17.0. The number of hydrogen-bond donors (Lipinski definition) is 2. The summed E-state index contributed by atoms with van der Waals surface area (Å²) >= 11 is 0. The number of phenols is 2. The highest BCUT2D eigenvalue weighted by Crippen LogP contribution is 2.36. The maximum atomic E-state index is 10.0. The van der Waals surface area contributed by atoms with Crippen LogP contribution in [0.1, 0.15) is 51.7 Å². The molecule has 130 valence electrons. The van der Waals surface area contributed by atoms with Gasteiger partial charge in [-0.3, -0.25) is 4.90 Å². The molecular formula is C19H31NO3. The normalized spacial score (nSPS) is 18.2. The summed E-state index contributed by atoms with van der Waals surface area (Å²) < 4.78 is 5.89. The molecule has 0 amide bonds. The Kier molecular flexibility index (Phi) is 5.93. The number of fused-ring (bicyclic) bond motifs is 1. The minimum absolute atomic E-state index is 0.00816. The van der Waals surface area contributed by atoms with Gasteiger partial charge in [-0.1, -0.05) is 13.0 Å². The van der Waals surface area contributed by atoms with E-state index in [1.165, 1.54) is 0 Å². The molecule has 1 aromatic rings. The molecule has 0 saturated carbocycles. The van der Waals surface area contributed by atoms with Gasteiger partial charge < -0.3 is 14.9 Å². The molecule has 2 rings (SSSR count). The van der Waals surface area contributed by atoms with Crippen molar-refractivity contribution in [2.45, 2.75) is 65.0 Å². The third-order valence-electron chi connectivity index (χ3n) is 4.48. The van der Waals surface area contributed by atoms with Crippen molar-refractivity contribution in [3.05, 3.63) is 23.3 Å². The number of ether oxygens (including phenoxy) is 1. The SMILES string of the molecule is CCCN(CCOC(C)(C)C)C1CCc2c(ccc(O)c2O)C1. The summed E-state index contributed by atoms with van der Waals surface area (Å²) in [6, 6.07) is 4.03. The zero-order valence-electron chi connectivity index (χ0n) is 14.9. The first-order valence-corrected chi connectivity index (χ1v) is 8.72. The Morgan fingerprint density at radius 3 is 2.61 bits per heavy atom. The molecule has 4 heteroatoms. The summed E-state index contributed by atoms with van der Waals surface area (Å²) in [4.78, 5) is 2.51. The van der Waals surface area contributed by atoms with Crippen LogP contribution in [0, 0.1) is 0 Å². The molecule has 0 spiro atoms. The summed E-state index contributed by atoms with van der Waals surface area (Å²) in [5.41, 5.74) is 1.98. The summed E-state index contributed by atoms with van der Waals surface area (Å²) in [5, 5.41) is 19.7. The number of rotatable bonds is 6. The fourth-order valence-electron chi connectivity index (χ4n) is 3.35. The Morgan fingerprint density at radius 2 is 1.96 bits per heavy atom. The first-order valence-electron chi connectivity index (χ1n) is 8.72. The second kappa shape index (κ2) is 7.54. The molecule has 0 radical (unpaired) electrons. The molecule has 1 atom stereocenters. The van der Waals surface area contributed by atoms with Crippen LogP contribution in [0.2, 0.25) is 0 Å². The van der Waals surface area contributed by atoms with Crippen LogP contribution in [0.25, 0.3) is 0 Å². The predicted octanol–water partition coefficient (Wildman–Crippen LogP) is 3.48. The Hall–Kier alpha value is -1.26. The highest BCUT2D eigenvalue weighted by molar-refractivity contribution is 5.50. The van der Waals surface area contributed by atoms with Crippen molar-refractivity contribution >= 4 is 0 Å². The van der Waals surface area contributed by atoms with Crippen LogP contribution < -0.4 is 0 Å². The molecule has 0 bridgehead atoms. The van der Waals surface area contributed by atoms with E-state index in [-0.39, 0.29) is 17.1 Å². The zero-order valence-corrected chi connectivity index (χ0v) is 14.9. The maximum Gasteiger partial charge on any atom is 0.160 e. The van der Waals surface area contributed by atoms with Gasteiger partial charge in [0.1, 0.15) is 0 Å². The van der Waals surface area contributed by atoms with E-state index in [4.69, 9.17) is 4.74 Å². The van der Waals surface area contributed by atoms with Crippen LogP contribution in [0.15, 0.2) is 12.1 Å². The van der Waals surface area contributed by atoms with Gasteiger partial charge in [0.05, 0.1) is 12.2 Å². The Bertz CT molecular complexity index is 522. The standard InChI is InChI=1S/C19H31NO3/c1-5-10-20(11-12-23-19(2,3)4)15-7-8-16-14(13-15)6-9-17(21)18(16)22/h6,9,15,21-22H,5,7-8,10-13H2,1-4H3. The van der Waals surface area contributed by atoms with Gasteiger partial charge in [-0.2, -0.15) is 0 Å². The molecule has 0 aliphatic heterocycles. The molecule has 0 fully saturated rings. The van der Waals surface area contributed by atoms with Gasteiger partial charge in [0.2, 0.25) is 0 Å². The van der Waals surface area contributed by atoms with E-state index in [1.807, 2.05) is 6.07 Å². The van der Waals surface area contributed by atoms with Crippen LogP contribution >= 0.6 is 0 Å². The minimum Gasteiger partial charge on any atom is -0.504 e. The van der Waals surface area contributed by atoms with E-state index < -0.39 is 0 Å². The summed E-state index contributed by atoms with van der Waals surface area (Å²) in [7, 11) is 0. The fraction of sp³-hybridized carbons (Fsp3) is 0.684. The Labute approximate surface area is 140 Å². The molecule has 0 saturated heterocycles. The first kappa shape index (κ1) is 18.1. The van der Waals surface area contributed by atoms with Crippen molar-refractivity contribution in [2.24, 2.45) is 0 Å². The molecule has 1 aliphatic carbocycles. The van der Waals surface area contributed by atoms with E-state index >= 15 is 0 Å². The van der Waals surface area contributed by atoms with Crippen molar-refractivity contribution in [1.82, 2.24) is 4.90 Å². The summed E-state index contributed by atoms with van der Waals surface area (Å²) in [6.07, 6.45) is 3.89. The lowest BCUT2D eigenvalue weighted by Crippen LogP contribution is -2.42. The third-order valence-corrected chi connectivity index (χ3v) is 4.48. The maximum absolute atomic E-state index is 10.0. The van der Waals surface area contributed by atoms with Crippen LogP contribution in [-0.4, -0.2) is 46.5 Å². The lowest BCUT2D eigenvalue weighted by molar-refractivity contribution is -0.0184. The van der Waals surface area contributed by atoms with Crippen LogP contribution in [0.3, 0.4) is 0 Å². The molecular weight excluding hydrogens is 290 g/mol. The smallest absolute Gasteiger partial charge is 0.160 e. The van der Waals surface area contributed by atoms with Crippen molar-refractivity contribution < 1.29 is 14.9 Å². The van der Waals surface area contributed by atoms with Crippen LogP contribution in [0.4, 0.5) is 0 Å². The average molecular weight is 321 g/mol. The minimum atomic E-state index is -0.0969. The van der Waals surface area contributed by atoms with Gasteiger partial charge in [-0.05, 0) is 64.6 Å². The van der Waals surface area contributed by atoms with Crippen LogP contribution in [0.5, 0.6) is 11.5 Å². The van der Waals surface area contributed by atoms with Crippen molar-refractivity contribution in [3.8, 4) is 11.5 Å². The number of aromatic hydroxyl groups is 2. The molecule has 2 N–H and O–H groups in total. The van der Waals surface area contributed by atoms with Gasteiger partial charge in [0.25, 0.3) is 0 Å². The number of nitrogens with zero attached hydrogens (tertiary/aromatic N) is 1. The fourth-order valence-corrected chi connectivity index (χ4v) is 3.35. The summed E-state index contributed by atoms with van der Waals surface area (Å²) in [5.74, 6) is 0.0604.